The molecule has 0 radical (unpaired) electrons. The third-order valence-corrected chi connectivity index (χ3v) is 3.99. The van der Waals surface area contributed by atoms with Gasteiger partial charge in [0.25, 0.3) is 0 Å². The van der Waals surface area contributed by atoms with Crippen molar-refractivity contribution >= 4 is 5.57 Å². The molecule has 0 amide bonds. The molecule has 2 atom stereocenters. The topological polar surface area (TPSA) is 29.5 Å². The molecular weight excluding hydrogens is 212 g/mol. The predicted molar refractivity (Wildman–Crippen MR) is 68.0 cm³/mol. The Labute approximate surface area is 102 Å². The minimum absolute atomic E-state index is 0.136. The molecule has 0 saturated carbocycles. The van der Waals surface area contributed by atoms with Crippen molar-refractivity contribution in [2.75, 3.05) is 7.11 Å². The molecule has 17 heavy (non-hydrogen) atoms. The van der Waals surface area contributed by atoms with E-state index >= 15 is 0 Å². The summed E-state index contributed by atoms with van der Waals surface area (Å²) in [7, 11) is 1.71. The Morgan fingerprint density at radius 1 is 1.35 bits per heavy atom. The van der Waals surface area contributed by atoms with Crippen molar-refractivity contribution in [3.63, 3.8) is 0 Å². The summed E-state index contributed by atoms with van der Waals surface area (Å²) in [4.78, 5) is 0. The van der Waals surface area contributed by atoms with Crippen molar-refractivity contribution in [1.29, 1.82) is 0 Å². The third kappa shape index (κ3) is 1.87. The van der Waals surface area contributed by atoms with E-state index in [1.807, 2.05) is 6.07 Å². The number of methoxy groups -OCH3 is 1. The average molecular weight is 230 g/mol. The molecule has 1 aromatic rings. The molecule has 2 heteroatoms. The Kier molecular flexibility index (Phi) is 2.67. The molecule has 0 heterocycles. The van der Waals surface area contributed by atoms with Gasteiger partial charge in [-0.3, -0.25) is 0 Å². The first-order valence-corrected chi connectivity index (χ1v) is 6.33. The third-order valence-electron chi connectivity index (χ3n) is 3.99. The monoisotopic (exact) mass is 230 g/mol. The summed E-state index contributed by atoms with van der Waals surface area (Å²) in [6.45, 7) is 0. The Bertz CT molecular complexity index is 462. The van der Waals surface area contributed by atoms with Gasteiger partial charge in [0.2, 0.25) is 0 Å². The van der Waals surface area contributed by atoms with Crippen LogP contribution in [0, 0.1) is 5.92 Å². The number of allylic oxidation sites excluding steroid dienone is 1. The fourth-order valence-electron chi connectivity index (χ4n) is 3.10. The van der Waals surface area contributed by atoms with Crippen LogP contribution >= 0.6 is 0 Å². The fraction of sp³-hybridized carbons (Fsp3) is 0.467. The molecule has 2 aliphatic rings. The number of hydrogen-bond acceptors (Lipinski definition) is 2. The van der Waals surface area contributed by atoms with E-state index in [0.717, 1.165) is 31.4 Å². The van der Waals surface area contributed by atoms with E-state index in [1.54, 1.807) is 7.11 Å². The molecular formula is C15H18O2. The summed E-state index contributed by atoms with van der Waals surface area (Å²) >= 11 is 0. The number of rotatable bonds is 1. The average Bonchev–Trinajstić information content (AvgIpc) is 2.37. The smallest absolute Gasteiger partial charge is 0.119 e. The second-order valence-electron chi connectivity index (χ2n) is 5.04. The van der Waals surface area contributed by atoms with Crippen LogP contribution < -0.4 is 4.74 Å². The highest BCUT2D eigenvalue weighted by atomic mass is 16.5. The summed E-state index contributed by atoms with van der Waals surface area (Å²) in [6, 6.07) is 6.36. The Morgan fingerprint density at radius 3 is 3.06 bits per heavy atom. The number of fused-ring (bicyclic) bond motifs is 3. The standard InChI is InChI=1S/C15H18O2/c1-17-13-5-7-15-11(9-13)3-2-10-8-12(16)4-6-14(10)15/h5-7,9-10,12,16H,2-4,8H2,1H3/t10-,12-/m0/s1. The van der Waals surface area contributed by atoms with Gasteiger partial charge in [-0.25, -0.2) is 0 Å². The van der Waals surface area contributed by atoms with Gasteiger partial charge in [0.15, 0.2) is 0 Å². The molecule has 0 aromatic heterocycles. The zero-order chi connectivity index (χ0) is 11.8. The summed E-state index contributed by atoms with van der Waals surface area (Å²) in [5, 5.41) is 9.71. The van der Waals surface area contributed by atoms with Crippen LogP contribution in [0.4, 0.5) is 0 Å². The Hall–Kier alpha value is -1.28. The molecule has 0 spiro atoms. The molecule has 0 saturated heterocycles. The lowest BCUT2D eigenvalue weighted by Gasteiger charge is -2.33. The molecule has 3 rings (SSSR count). The highest BCUT2D eigenvalue weighted by Gasteiger charge is 2.28. The molecule has 2 nitrogen and oxygen atoms in total. The fourth-order valence-corrected chi connectivity index (χ4v) is 3.10. The van der Waals surface area contributed by atoms with Crippen LogP contribution in [-0.4, -0.2) is 18.3 Å². The maximum Gasteiger partial charge on any atom is 0.119 e. The van der Waals surface area contributed by atoms with Crippen LogP contribution in [0.5, 0.6) is 5.75 Å². The van der Waals surface area contributed by atoms with Crippen molar-refractivity contribution in [3.05, 3.63) is 35.4 Å². The summed E-state index contributed by atoms with van der Waals surface area (Å²) in [6.07, 6.45) is 6.07. The van der Waals surface area contributed by atoms with E-state index < -0.39 is 0 Å². The lowest BCUT2D eigenvalue weighted by Crippen LogP contribution is -2.23. The lowest BCUT2D eigenvalue weighted by atomic mass is 9.74. The number of benzene rings is 1. The van der Waals surface area contributed by atoms with Crippen molar-refractivity contribution in [1.82, 2.24) is 0 Å². The van der Waals surface area contributed by atoms with Crippen molar-refractivity contribution in [3.8, 4) is 5.75 Å². The Balaban J connectivity index is 2.01. The van der Waals surface area contributed by atoms with Gasteiger partial charge < -0.3 is 9.84 Å². The number of ether oxygens (including phenoxy) is 1. The lowest BCUT2D eigenvalue weighted by molar-refractivity contribution is 0.147. The van der Waals surface area contributed by atoms with Crippen LogP contribution in [-0.2, 0) is 6.42 Å². The first-order chi connectivity index (χ1) is 8.28. The zero-order valence-corrected chi connectivity index (χ0v) is 10.1. The number of hydrogen-bond donors (Lipinski definition) is 1. The number of aliphatic hydroxyl groups is 1. The van der Waals surface area contributed by atoms with E-state index in [9.17, 15) is 5.11 Å². The summed E-state index contributed by atoms with van der Waals surface area (Å²) in [5.74, 6) is 1.50. The molecule has 2 aliphatic carbocycles. The van der Waals surface area contributed by atoms with Crippen molar-refractivity contribution < 1.29 is 9.84 Å². The molecule has 0 unspecified atom stereocenters. The highest BCUT2D eigenvalue weighted by Crippen LogP contribution is 2.42. The Morgan fingerprint density at radius 2 is 2.24 bits per heavy atom. The SMILES string of the molecule is COc1ccc2c(c1)CC[C@H]1C[C@@H](O)CC=C21. The van der Waals surface area contributed by atoms with Gasteiger partial charge in [-0.05, 0) is 60.4 Å². The van der Waals surface area contributed by atoms with Gasteiger partial charge >= 0.3 is 0 Å². The minimum Gasteiger partial charge on any atom is -0.497 e. The highest BCUT2D eigenvalue weighted by molar-refractivity contribution is 5.73. The molecule has 0 aliphatic heterocycles. The van der Waals surface area contributed by atoms with Crippen LogP contribution in [0.2, 0.25) is 0 Å². The van der Waals surface area contributed by atoms with Crippen molar-refractivity contribution in [2.45, 2.75) is 31.8 Å². The van der Waals surface area contributed by atoms with Crippen LogP contribution in [0.3, 0.4) is 0 Å². The first kappa shape index (κ1) is 10.8. The van der Waals surface area contributed by atoms with E-state index in [1.165, 1.54) is 16.7 Å². The van der Waals surface area contributed by atoms with E-state index in [2.05, 4.69) is 18.2 Å². The maximum atomic E-state index is 9.71. The van der Waals surface area contributed by atoms with Gasteiger partial charge in [-0.15, -0.1) is 0 Å². The van der Waals surface area contributed by atoms with Gasteiger partial charge in [-0.2, -0.15) is 0 Å². The van der Waals surface area contributed by atoms with E-state index in [-0.39, 0.29) is 6.10 Å². The van der Waals surface area contributed by atoms with Gasteiger partial charge in [-0.1, -0.05) is 12.1 Å². The summed E-state index contributed by atoms with van der Waals surface area (Å²) < 4.78 is 5.27. The molecule has 0 fully saturated rings. The van der Waals surface area contributed by atoms with Gasteiger partial charge in [0, 0.05) is 0 Å². The normalized spacial score (nSPS) is 26.8. The second-order valence-corrected chi connectivity index (χ2v) is 5.04. The van der Waals surface area contributed by atoms with Crippen molar-refractivity contribution in [2.24, 2.45) is 5.92 Å². The second kappa shape index (κ2) is 4.19. The zero-order valence-electron chi connectivity index (χ0n) is 10.1. The molecule has 0 bridgehead atoms. The first-order valence-electron chi connectivity index (χ1n) is 6.33. The van der Waals surface area contributed by atoms with E-state index in [0.29, 0.717) is 5.92 Å². The summed E-state index contributed by atoms with van der Waals surface area (Å²) in [5.41, 5.74) is 4.20. The predicted octanol–water partition coefficient (Wildman–Crippen LogP) is 2.80. The van der Waals surface area contributed by atoms with E-state index in [4.69, 9.17) is 4.74 Å². The molecule has 1 N–H and O–H groups in total. The number of aryl methyl sites for hydroxylation is 1. The molecule has 1 aromatic carbocycles. The minimum atomic E-state index is -0.136. The quantitative estimate of drug-likeness (QED) is 0.804. The van der Waals surface area contributed by atoms with Crippen LogP contribution in [0.1, 0.15) is 30.4 Å². The molecule has 90 valence electrons. The maximum absolute atomic E-state index is 9.71. The number of aliphatic hydroxyl groups excluding tert-OH is 1. The van der Waals surface area contributed by atoms with Gasteiger partial charge in [0.1, 0.15) is 5.75 Å². The van der Waals surface area contributed by atoms with Crippen LogP contribution in [0.25, 0.3) is 5.57 Å². The van der Waals surface area contributed by atoms with Gasteiger partial charge in [0.05, 0.1) is 13.2 Å². The largest absolute Gasteiger partial charge is 0.497 e. The van der Waals surface area contributed by atoms with Crippen LogP contribution in [0.15, 0.2) is 24.3 Å².